The van der Waals surface area contributed by atoms with Gasteiger partial charge in [0.15, 0.2) is 11.6 Å². The first-order chi connectivity index (χ1) is 10.2. The second-order valence-electron chi connectivity index (χ2n) is 4.29. The predicted octanol–water partition coefficient (Wildman–Crippen LogP) is 0.327. The van der Waals surface area contributed by atoms with E-state index < -0.39 is 0 Å². The lowest BCUT2D eigenvalue weighted by Gasteiger charge is -2.06. The van der Waals surface area contributed by atoms with Crippen LogP contribution in [-0.2, 0) is 17.9 Å². The Morgan fingerprint density at radius 1 is 1.38 bits per heavy atom. The van der Waals surface area contributed by atoms with E-state index in [0.717, 1.165) is 6.54 Å². The average Bonchev–Trinajstić information content (AvgIpc) is 3.15. The standard InChI is InChI=1S/C13H17N5O3/c1-2-18-9-16-17-11(18)8-15-12(19)5-6-14-13(20)10-4-3-7-21-10/h3-4,7,9H,2,5-6,8H2,1H3,(H,14,20)(H,15,19). The lowest BCUT2D eigenvalue weighted by molar-refractivity contribution is -0.121. The van der Waals surface area contributed by atoms with Gasteiger partial charge >= 0.3 is 0 Å². The molecule has 2 heterocycles. The second-order valence-corrected chi connectivity index (χ2v) is 4.29. The molecule has 0 saturated carbocycles. The molecule has 0 saturated heterocycles. The molecular formula is C13H17N5O3. The number of furan rings is 1. The van der Waals surface area contributed by atoms with Crippen LogP contribution in [0.3, 0.4) is 0 Å². The number of aryl methyl sites for hydroxylation is 1. The summed E-state index contributed by atoms with van der Waals surface area (Å²) in [5.41, 5.74) is 0. The highest BCUT2D eigenvalue weighted by atomic mass is 16.3. The molecule has 2 aromatic rings. The SMILES string of the molecule is CCn1cnnc1CNC(=O)CCNC(=O)c1ccco1. The van der Waals surface area contributed by atoms with Crippen molar-refractivity contribution in [3.8, 4) is 0 Å². The van der Waals surface area contributed by atoms with Gasteiger partial charge in [-0.15, -0.1) is 10.2 Å². The van der Waals surface area contributed by atoms with Crippen molar-refractivity contribution in [2.24, 2.45) is 0 Å². The Hall–Kier alpha value is -2.64. The number of hydrogen-bond donors (Lipinski definition) is 2. The molecule has 2 rings (SSSR count). The van der Waals surface area contributed by atoms with Crippen molar-refractivity contribution < 1.29 is 14.0 Å². The van der Waals surface area contributed by atoms with Crippen LogP contribution in [0.5, 0.6) is 0 Å². The smallest absolute Gasteiger partial charge is 0.286 e. The first-order valence-corrected chi connectivity index (χ1v) is 6.65. The first kappa shape index (κ1) is 14.8. The Bertz CT molecular complexity index is 591. The molecule has 0 unspecified atom stereocenters. The van der Waals surface area contributed by atoms with Gasteiger partial charge in [-0.2, -0.15) is 0 Å². The fraction of sp³-hybridized carbons (Fsp3) is 0.385. The van der Waals surface area contributed by atoms with Crippen LogP contribution in [0.15, 0.2) is 29.1 Å². The highest BCUT2D eigenvalue weighted by molar-refractivity contribution is 5.91. The van der Waals surface area contributed by atoms with Crippen LogP contribution in [0, 0.1) is 0 Å². The fourth-order valence-corrected chi connectivity index (χ4v) is 1.73. The fourth-order valence-electron chi connectivity index (χ4n) is 1.73. The van der Waals surface area contributed by atoms with E-state index in [2.05, 4.69) is 20.8 Å². The summed E-state index contributed by atoms with van der Waals surface area (Å²) in [4.78, 5) is 23.2. The highest BCUT2D eigenvalue weighted by Gasteiger charge is 2.09. The second kappa shape index (κ2) is 7.22. The summed E-state index contributed by atoms with van der Waals surface area (Å²) in [6.45, 7) is 3.28. The summed E-state index contributed by atoms with van der Waals surface area (Å²) >= 11 is 0. The van der Waals surface area contributed by atoms with Gasteiger partial charge in [-0.1, -0.05) is 0 Å². The van der Waals surface area contributed by atoms with Gasteiger partial charge in [0.05, 0.1) is 12.8 Å². The van der Waals surface area contributed by atoms with Gasteiger partial charge in [-0.25, -0.2) is 0 Å². The molecule has 0 atom stereocenters. The third-order valence-electron chi connectivity index (χ3n) is 2.86. The van der Waals surface area contributed by atoms with E-state index in [1.165, 1.54) is 6.26 Å². The lowest BCUT2D eigenvalue weighted by atomic mass is 10.3. The van der Waals surface area contributed by atoms with E-state index in [0.29, 0.717) is 12.4 Å². The topological polar surface area (TPSA) is 102 Å². The van der Waals surface area contributed by atoms with Crippen molar-refractivity contribution in [1.82, 2.24) is 25.4 Å². The molecule has 0 bridgehead atoms. The summed E-state index contributed by atoms with van der Waals surface area (Å²) in [6, 6.07) is 3.19. The monoisotopic (exact) mass is 291 g/mol. The number of rotatable bonds is 7. The minimum Gasteiger partial charge on any atom is -0.459 e. The van der Waals surface area contributed by atoms with Gasteiger partial charge in [0.1, 0.15) is 6.33 Å². The first-order valence-electron chi connectivity index (χ1n) is 6.65. The van der Waals surface area contributed by atoms with Crippen LogP contribution in [0.1, 0.15) is 29.7 Å². The van der Waals surface area contributed by atoms with Crippen molar-refractivity contribution in [3.63, 3.8) is 0 Å². The van der Waals surface area contributed by atoms with Crippen LogP contribution in [0.25, 0.3) is 0 Å². The number of carbonyl (C=O) groups is 2. The molecule has 0 spiro atoms. The minimum atomic E-state index is -0.335. The molecular weight excluding hydrogens is 274 g/mol. The van der Waals surface area contributed by atoms with Gasteiger partial charge in [0, 0.05) is 19.5 Å². The normalized spacial score (nSPS) is 10.3. The van der Waals surface area contributed by atoms with Crippen LogP contribution in [-0.4, -0.2) is 33.1 Å². The molecule has 0 radical (unpaired) electrons. The van der Waals surface area contributed by atoms with Crippen LogP contribution in [0.2, 0.25) is 0 Å². The zero-order valence-electron chi connectivity index (χ0n) is 11.7. The Kier molecular flexibility index (Phi) is 5.08. The summed E-state index contributed by atoms with van der Waals surface area (Å²) < 4.78 is 6.79. The molecule has 8 nitrogen and oxygen atoms in total. The molecule has 2 aromatic heterocycles. The molecule has 2 amide bonds. The number of carbonyl (C=O) groups excluding carboxylic acids is 2. The Labute approximate surface area is 121 Å². The van der Waals surface area contributed by atoms with Crippen molar-refractivity contribution >= 4 is 11.8 Å². The highest BCUT2D eigenvalue weighted by Crippen LogP contribution is 1.99. The third kappa shape index (κ3) is 4.16. The van der Waals surface area contributed by atoms with Crippen LogP contribution < -0.4 is 10.6 Å². The average molecular weight is 291 g/mol. The third-order valence-corrected chi connectivity index (χ3v) is 2.86. The van der Waals surface area contributed by atoms with E-state index in [1.807, 2.05) is 11.5 Å². The van der Waals surface area contributed by atoms with Gasteiger partial charge < -0.3 is 19.6 Å². The number of nitrogens with one attached hydrogen (secondary N) is 2. The zero-order valence-corrected chi connectivity index (χ0v) is 11.7. The minimum absolute atomic E-state index is 0.166. The van der Waals surface area contributed by atoms with Crippen molar-refractivity contribution in [1.29, 1.82) is 0 Å². The van der Waals surface area contributed by atoms with Gasteiger partial charge in [-0.05, 0) is 19.1 Å². The molecule has 0 aliphatic rings. The maximum atomic E-state index is 11.7. The molecule has 0 fully saturated rings. The van der Waals surface area contributed by atoms with Crippen molar-refractivity contribution in [2.75, 3.05) is 6.54 Å². The number of aromatic nitrogens is 3. The van der Waals surface area contributed by atoms with E-state index in [4.69, 9.17) is 4.42 Å². The molecule has 2 N–H and O–H groups in total. The summed E-state index contributed by atoms with van der Waals surface area (Å²) in [5.74, 6) is 0.427. The Morgan fingerprint density at radius 2 is 2.24 bits per heavy atom. The Balaban J connectivity index is 1.67. The van der Waals surface area contributed by atoms with Gasteiger partial charge in [0.2, 0.25) is 5.91 Å². The molecule has 8 heteroatoms. The Morgan fingerprint density at radius 3 is 2.95 bits per heavy atom. The lowest BCUT2D eigenvalue weighted by Crippen LogP contribution is -2.30. The maximum Gasteiger partial charge on any atom is 0.286 e. The van der Waals surface area contributed by atoms with E-state index >= 15 is 0 Å². The largest absolute Gasteiger partial charge is 0.459 e. The summed E-state index contributed by atoms with van der Waals surface area (Å²) in [7, 11) is 0. The molecule has 0 aromatic carbocycles. The number of amides is 2. The van der Waals surface area contributed by atoms with E-state index in [-0.39, 0.29) is 30.5 Å². The number of hydrogen-bond acceptors (Lipinski definition) is 5. The van der Waals surface area contributed by atoms with Gasteiger partial charge in [-0.3, -0.25) is 9.59 Å². The quantitative estimate of drug-likeness (QED) is 0.765. The van der Waals surface area contributed by atoms with Gasteiger partial charge in [0.25, 0.3) is 5.91 Å². The molecule has 21 heavy (non-hydrogen) atoms. The number of nitrogens with zero attached hydrogens (tertiary/aromatic N) is 3. The van der Waals surface area contributed by atoms with E-state index in [1.54, 1.807) is 18.5 Å². The molecule has 112 valence electrons. The zero-order chi connectivity index (χ0) is 15.1. The molecule has 0 aliphatic heterocycles. The van der Waals surface area contributed by atoms with Crippen LogP contribution >= 0.6 is 0 Å². The maximum absolute atomic E-state index is 11.7. The summed E-state index contributed by atoms with van der Waals surface area (Å²) in [5, 5.41) is 13.0. The summed E-state index contributed by atoms with van der Waals surface area (Å²) in [6.07, 6.45) is 3.23. The van der Waals surface area contributed by atoms with Crippen molar-refractivity contribution in [2.45, 2.75) is 26.4 Å². The van der Waals surface area contributed by atoms with Crippen molar-refractivity contribution in [3.05, 3.63) is 36.3 Å². The van der Waals surface area contributed by atoms with Crippen LogP contribution in [0.4, 0.5) is 0 Å². The predicted molar refractivity (Wildman–Crippen MR) is 73.2 cm³/mol. The van der Waals surface area contributed by atoms with E-state index in [9.17, 15) is 9.59 Å². The molecule has 0 aliphatic carbocycles.